The zero-order valence-corrected chi connectivity index (χ0v) is 29.8. The standard InChI is InChI=1S/C35H53N9O7/c1-3-22-43-33-31(34(49)44(23-4-2)35(43)50)41-32(42-33)25-12-14-26(15-13-25)51-24-30(48)40-21-20-39-29(47)16-19-38-28(46)11-7-9-18-37-27(45)10-6-5-8-17-36/h12-15H,3-11,16-24,36H2,1-2H3,(H,37,45)(H,38,46)(H,39,47)(H,40,48)(H,41,42). The summed E-state index contributed by atoms with van der Waals surface area (Å²) in [4.78, 5) is 81.6. The molecule has 0 radical (unpaired) electrons. The number of benzene rings is 1. The molecule has 3 rings (SSSR count). The van der Waals surface area contributed by atoms with Crippen LogP contribution < -0.4 is 43.0 Å². The second-order valence-electron chi connectivity index (χ2n) is 12.2. The van der Waals surface area contributed by atoms with E-state index in [0.717, 1.165) is 19.3 Å². The van der Waals surface area contributed by atoms with Gasteiger partial charge in [-0.05, 0) is 69.3 Å². The normalized spacial score (nSPS) is 11.0. The number of hydrogen-bond acceptors (Lipinski definition) is 9. The number of aromatic nitrogens is 4. The lowest BCUT2D eigenvalue weighted by molar-refractivity contribution is -0.124. The van der Waals surface area contributed by atoms with Crippen LogP contribution in [0.15, 0.2) is 33.9 Å². The molecule has 3 aromatic rings. The maximum atomic E-state index is 13.0. The van der Waals surface area contributed by atoms with Gasteiger partial charge in [-0.15, -0.1) is 0 Å². The molecule has 16 nitrogen and oxygen atoms in total. The minimum absolute atomic E-state index is 0.0167. The fourth-order valence-corrected chi connectivity index (χ4v) is 5.29. The van der Waals surface area contributed by atoms with Crippen molar-refractivity contribution in [3.05, 3.63) is 45.1 Å². The average molecular weight is 712 g/mol. The van der Waals surface area contributed by atoms with Gasteiger partial charge in [-0.1, -0.05) is 20.3 Å². The van der Waals surface area contributed by atoms with Crippen LogP contribution in [0.3, 0.4) is 0 Å². The highest BCUT2D eigenvalue weighted by Gasteiger charge is 2.17. The molecule has 16 heteroatoms. The number of aryl methyl sites for hydroxylation is 1. The highest BCUT2D eigenvalue weighted by molar-refractivity contribution is 5.80. The van der Waals surface area contributed by atoms with Crippen LogP contribution in [0, 0.1) is 0 Å². The molecule has 0 saturated heterocycles. The van der Waals surface area contributed by atoms with Crippen molar-refractivity contribution in [2.45, 2.75) is 91.1 Å². The summed E-state index contributed by atoms with van der Waals surface area (Å²) >= 11 is 0. The molecule has 2 aromatic heterocycles. The number of amides is 4. The number of rotatable bonds is 24. The lowest BCUT2D eigenvalue weighted by Crippen LogP contribution is -2.40. The van der Waals surface area contributed by atoms with E-state index >= 15 is 0 Å². The van der Waals surface area contributed by atoms with Crippen molar-refractivity contribution in [3.63, 3.8) is 0 Å². The number of nitrogens with zero attached hydrogens (tertiary/aromatic N) is 3. The fraction of sp³-hybridized carbons (Fsp3) is 0.571. The molecule has 0 aliphatic carbocycles. The SMILES string of the molecule is CCCn1c(=O)c2[nH]c(-c3ccc(OCC(=O)NCCNC(=O)CCNC(=O)CCCCNC(=O)CCCCCN)cc3)nc2n(CCC)c1=O. The van der Waals surface area contributed by atoms with Gasteiger partial charge in [-0.3, -0.25) is 33.1 Å². The fourth-order valence-electron chi connectivity index (χ4n) is 5.29. The Labute approximate surface area is 297 Å². The van der Waals surface area contributed by atoms with Crippen molar-refractivity contribution in [2.24, 2.45) is 5.73 Å². The molecule has 280 valence electrons. The summed E-state index contributed by atoms with van der Waals surface area (Å²) in [6.45, 7) is 6.19. The minimum atomic E-state index is -0.398. The van der Waals surface area contributed by atoms with Crippen LogP contribution in [0.2, 0.25) is 0 Å². The van der Waals surface area contributed by atoms with Crippen LogP contribution in [0.1, 0.15) is 78.1 Å². The first-order valence-corrected chi connectivity index (χ1v) is 17.9. The third kappa shape index (κ3) is 13.3. The van der Waals surface area contributed by atoms with E-state index in [0.29, 0.717) is 87.5 Å². The molecule has 51 heavy (non-hydrogen) atoms. The topological polar surface area (TPSA) is 224 Å². The van der Waals surface area contributed by atoms with Gasteiger partial charge in [0.25, 0.3) is 11.5 Å². The predicted molar refractivity (Wildman–Crippen MR) is 194 cm³/mol. The van der Waals surface area contributed by atoms with Crippen molar-refractivity contribution in [1.82, 2.24) is 40.4 Å². The third-order valence-electron chi connectivity index (χ3n) is 7.96. The first-order valence-electron chi connectivity index (χ1n) is 17.9. The number of aromatic amines is 1. The second-order valence-corrected chi connectivity index (χ2v) is 12.2. The molecule has 0 bridgehead atoms. The Bertz CT molecular complexity index is 1700. The summed E-state index contributed by atoms with van der Waals surface area (Å²) in [5, 5.41) is 10.9. The zero-order valence-electron chi connectivity index (χ0n) is 29.8. The number of nitrogens with one attached hydrogen (secondary N) is 5. The molecule has 0 saturated carbocycles. The lowest BCUT2D eigenvalue weighted by atomic mass is 10.2. The van der Waals surface area contributed by atoms with E-state index < -0.39 is 5.56 Å². The Morgan fingerprint density at radius 3 is 1.98 bits per heavy atom. The highest BCUT2D eigenvalue weighted by Crippen LogP contribution is 2.22. The Kier molecular flexibility index (Phi) is 17.4. The van der Waals surface area contributed by atoms with Gasteiger partial charge in [0, 0.05) is 64.1 Å². The average Bonchev–Trinajstić information content (AvgIpc) is 3.57. The van der Waals surface area contributed by atoms with Gasteiger partial charge in [0.2, 0.25) is 17.7 Å². The van der Waals surface area contributed by atoms with Crippen LogP contribution >= 0.6 is 0 Å². The molecule has 1 aromatic carbocycles. The van der Waals surface area contributed by atoms with Gasteiger partial charge in [-0.25, -0.2) is 9.78 Å². The summed E-state index contributed by atoms with van der Waals surface area (Å²) in [6.07, 6.45) is 6.31. The molecule has 0 aliphatic rings. The van der Waals surface area contributed by atoms with E-state index in [-0.39, 0.29) is 67.5 Å². The van der Waals surface area contributed by atoms with E-state index in [1.165, 1.54) is 9.13 Å². The van der Waals surface area contributed by atoms with Gasteiger partial charge in [0.15, 0.2) is 12.3 Å². The van der Waals surface area contributed by atoms with E-state index in [1.54, 1.807) is 24.3 Å². The third-order valence-corrected chi connectivity index (χ3v) is 7.96. The molecule has 0 atom stereocenters. The Morgan fingerprint density at radius 1 is 0.725 bits per heavy atom. The summed E-state index contributed by atoms with van der Waals surface area (Å²) in [7, 11) is 0. The smallest absolute Gasteiger partial charge is 0.332 e. The molecular formula is C35H53N9O7. The Hall–Kier alpha value is -4.99. The maximum absolute atomic E-state index is 13.0. The van der Waals surface area contributed by atoms with Gasteiger partial charge in [0.1, 0.15) is 17.1 Å². The number of unbranched alkanes of at least 4 members (excludes halogenated alkanes) is 3. The van der Waals surface area contributed by atoms with E-state index in [2.05, 4.69) is 31.2 Å². The minimum Gasteiger partial charge on any atom is -0.484 e. The lowest BCUT2D eigenvalue weighted by Gasteiger charge is -2.09. The Morgan fingerprint density at radius 2 is 1.31 bits per heavy atom. The first-order chi connectivity index (χ1) is 24.7. The monoisotopic (exact) mass is 711 g/mol. The molecule has 4 amide bonds. The second kappa shape index (κ2) is 22.0. The van der Waals surface area contributed by atoms with Crippen LogP contribution in [0.5, 0.6) is 5.75 Å². The molecular weight excluding hydrogens is 658 g/mol. The molecule has 0 aliphatic heterocycles. The maximum Gasteiger partial charge on any atom is 0.332 e. The molecule has 7 N–H and O–H groups in total. The molecule has 0 spiro atoms. The van der Waals surface area contributed by atoms with Crippen molar-refractivity contribution < 1.29 is 23.9 Å². The number of carbonyl (C=O) groups is 4. The number of nitrogens with two attached hydrogens (primary N) is 1. The van der Waals surface area contributed by atoms with E-state index in [1.807, 2.05) is 13.8 Å². The van der Waals surface area contributed by atoms with E-state index in [9.17, 15) is 28.8 Å². The van der Waals surface area contributed by atoms with Crippen LogP contribution in [0.25, 0.3) is 22.6 Å². The quantitative estimate of drug-likeness (QED) is 0.0736. The summed E-state index contributed by atoms with van der Waals surface area (Å²) in [6, 6.07) is 6.84. The van der Waals surface area contributed by atoms with Crippen LogP contribution in [-0.4, -0.2) is 82.1 Å². The number of ether oxygens (including phenoxy) is 1. The number of carbonyl (C=O) groups excluding carboxylic acids is 4. The molecule has 0 unspecified atom stereocenters. The number of H-pyrrole nitrogens is 1. The van der Waals surface area contributed by atoms with Crippen molar-refractivity contribution in [1.29, 1.82) is 0 Å². The largest absolute Gasteiger partial charge is 0.484 e. The van der Waals surface area contributed by atoms with Crippen molar-refractivity contribution in [3.8, 4) is 17.1 Å². The highest BCUT2D eigenvalue weighted by atomic mass is 16.5. The van der Waals surface area contributed by atoms with Crippen LogP contribution in [-0.2, 0) is 32.3 Å². The summed E-state index contributed by atoms with van der Waals surface area (Å²) in [5.41, 5.74) is 5.95. The summed E-state index contributed by atoms with van der Waals surface area (Å²) < 4.78 is 8.35. The van der Waals surface area contributed by atoms with Gasteiger partial charge in [-0.2, -0.15) is 0 Å². The predicted octanol–water partition coefficient (Wildman–Crippen LogP) is 1.30. The van der Waals surface area contributed by atoms with Crippen molar-refractivity contribution >= 4 is 34.8 Å². The molecule has 0 fully saturated rings. The first kappa shape index (κ1) is 40.4. The zero-order chi connectivity index (χ0) is 37.0. The summed E-state index contributed by atoms with van der Waals surface area (Å²) in [5.74, 6) is 0.142. The number of hydrogen-bond donors (Lipinski definition) is 6. The van der Waals surface area contributed by atoms with Crippen molar-refractivity contribution in [2.75, 3.05) is 39.3 Å². The Balaban J connectivity index is 1.30. The van der Waals surface area contributed by atoms with Gasteiger partial charge < -0.3 is 36.7 Å². The van der Waals surface area contributed by atoms with E-state index in [4.69, 9.17) is 10.5 Å². The van der Waals surface area contributed by atoms with Gasteiger partial charge in [0.05, 0.1) is 0 Å². The van der Waals surface area contributed by atoms with Gasteiger partial charge >= 0.3 is 5.69 Å². The molecule has 2 heterocycles. The van der Waals surface area contributed by atoms with Crippen LogP contribution in [0.4, 0.5) is 0 Å². The number of imidazole rings is 1. The number of fused-ring (bicyclic) bond motifs is 1.